The summed E-state index contributed by atoms with van der Waals surface area (Å²) in [5.41, 5.74) is 1.91. The number of methoxy groups -OCH3 is 1. The van der Waals surface area contributed by atoms with Gasteiger partial charge in [-0.2, -0.15) is 0 Å². The second-order valence-electron chi connectivity index (χ2n) is 5.21. The molecule has 0 saturated heterocycles. The van der Waals surface area contributed by atoms with E-state index < -0.39 is 0 Å². The molecule has 25 heavy (non-hydrogen) atoms. The zero-order valence-electron chi connectivity index (χ0n) is 13.3. The van der Waals surface area contributed by atoms with Gasteiger partial charge in [0.2, 0.25) is 0 Å². The molecule has 128 valence electrons. The van der Waals surface area contributed by atoms with E-state index in [2.05, 4.69) is 10.3 Å². The van der Waals surface area contributed by atoms with Crippen LogP contribution in [-0.2, 0) is 6.42 Å². The van der Waals surface area contributed by atoms with Crippen LogP contribution in [0.3, 0.4) is 0 Å². The summed E-state index contributed by atoms with van der Waals surface area (Å²) in [4.78, 5) is 16.7. The van der Waals surface area contributed by atoms with E-state index in [-0.39, 0.29) is 5.91 Å². The zero-order valence-corrected chi connectivity index (χ0v) is 15.6. The molecule has 1 amide bonds. The van der Waals surface area contributed by atoms with Crippen LogP contribution in [0.15, 0.2) is 47.8 Å². The number of nitrogens with one attached hydrogen (secondary N) is 1. The van der Waals surface area contributed by atoms with Gasteiger partial charge >= 0.3 is 0 Å². The molecule has 7 heteroatoms. The Morgan fingerprint density at radius 1 is 1.20 bits per heavy atom. The molecule has 4 nitrogen and oxygen atoms in total. The predicted octanol–water partition coefficient (Wildman–Crippen LogP) is 5.30. The van der Waals surface area contributed by atoms with Crippen LogP contribution < -0.4 is 10.1 Å². The topological polar surface area (TPSA) is 51.2 Å². The molecule has 0 unspecified atom stereocenters. The van der Waals surface area contributed by atoms with Crippen molar-refractivity contribution >= 4 is 46.1 Å². The molecule has 0 radical (unpaired) electrons. The van der Waals surface area contributed by atoms with E-state index >= 15 is 0 Å². The number of nitrogens with zero attached hydrogens (tertiary/aromatic N) is 1. The molecule has 3 rings (SSSR count). The number of carbonyl (C=O) groups is 1. The first-order valence-electron chi connectivity index (χ1n) is 7.39. The molecule has 3 aromatic rings. The molecule has 0 fully saturated rings. The summed E-state index contributed by atoms with van der Waals surface area (Å²) in [6.45, 7) is 0. The van der Waals surface area contributed by atoms with Crippen LogP contribution in [0, 0.1) is 0 Å². The molecule has 0 saturated carbocycles. The van der Waals surface area contributed by atoms with Gasteiger partial charge in [-0.05, 0) is 29.8 Å². The lowest BCUT2D eigenvalue weighted by atomic mass is 10.1. The van der Waals surface area contributed by atoms with E-state index in [1.807, 2.05) is 24.3 Å². The normalized spacial score (nSPS) is 10.5. The number of rotatable bonds is 5. The van der Waals surface area contributed by atoms with E-state index in [1.165, 1.54) is 11.3 Å². The number of anilines is 1. The largest absolute Gasteiger partial charge is 0.497 e. The Balaban J connectivity index is 1.69. The van der Waals surface area contributed by atoms with Gasteiger partial charge in [0.25, 0.3) is 5.91 Å². The van der Waals surface area contributed by atoms with E-state index in [0.29, 0.717) is 27.8 Å². The predicted molar refractivity (Wildman–Crippen MR) is 102 cm³/mol. The molecule has 2 aromatic carbocycles. The average Bonchev–Trinajstić information content (AvgIpc) is 3.08. The van der Waals surface area contributed by atoms with Gasteiger partial charge < -0.3 is 10.1 Å². The number of ether oxygens (including phenoxy) is 1. The van der Waals surface area contributed by atoms with Gasteiger partial charge in [-0.25, -0.2) is 4.98 Å². The molecule has 0 aliphatic rings. The highest BCUT2D eigenvalue weighted by Crippen LogP contribution is 2.30. The number of aromatic nitrogens is 1. The Kier molecular flexibility index (Phi) is 5.58. The summed E-state index contributed by atoms with van der Waals surface area (Å²) < 4.78 is 5.14. The summed E-state index contributed by atoms with van der Waals surface area (Å²) >= 11 is 13.5. The monoisotopic (exact) mass is 392 g/mol. The highest BCUT2D eigenvalue weighted by Gasteiger charge is 2.14. The van der Waals surface area contributed by atoms with E-state index in [4.69, 9.17) is 27.9 Å². The van der Waals surface area contributed by atoms with Gasteiger partial charge in [0.1, 0.15) is 11.4 Å². The summed E-state index contributed by atoms with van der Waals surface area (Å²) in [5, 5.41) is 6.01. The number of benzene rings is 2. The van der Waals surface area contributed by atoms with Gasteiger partial charge in [-0.1, -0.05) is 41.4 Å². The van der Waals surface area contributed by atoms with Gasteiger partial charge in [0.05, 0.1) is 27.9 Å². The third-order valence-electron chi connectivity index (χ3n) is 3.50. The first-order valence-corrected chi connectivity index (χ1v) is 9.03. The van der Waals surface area contributed by atoms with Crippen molar-refractivity contribution in [1.82, 2.24) is 4.98 Å². The SMILES string of the molecule is COc1ccc(Cc2nc(C(=O)Nc3cccc(Cl)c3Cl)cs2)cc1. The van der Waals surface area contributed by atoms with E-state index in [0.717, 1.165) is 16.3 Å². The average molecular weight is 393 g/mol. The van der Waals surface area contributed by atoms with Crippen molar-refractivity contribution in [1.29, 1.82) is 0 Å². The lowest BCUT2D eigenvalue weighted by Gasteiger charge is -2.06. The minimum Gasteiger partial charge on any atom is -0.497 e. The molecular formula is C18H14Cl2N2O2S. The van der Waals surface area contributed by atoms with Gasteiger partial charge in [-0.15, -0.1) is 11.3 Å². The van der Waals surface area contributed by atoms with Crippen LogP contribution in [-0.4, -0.2) is 18.0 Å². The molecular weight excluding hydrogens is 379 g/mol. The summed E-state index contributed by atoms with van der Waals surface area (Å²) in [7, 11) is 1.63. The maximum Gasteiger partial charge on any atom is 0.275 e. The third kappa shape index (κ3) is 4.31. The van der Waals surface area contributed by atoms with Crippen molar-refractivity contribution in [3.05, 3.63) is 74.2 Å². The smallest absolute Gasteiger partial charge is 0.275 e. The van der Waals surface area contributed by atoms with Crippen molar-refractivity contribution in [3.63, 3.8) is 0 Å². The molecule has 0 aliphatic heterocycles. The number of hydrogen-bond acceptors (Lipinski definition) is 4. The minimum atomic E-state index is -0.318. The van der Waals surface area contributed by atoms with Crippen molar-refractivity contribution in [2.45, 2.75) is 6.42 Å². The lowest BCUT2D eigenvalue weighted by molar-refractivity contribution is 0.102. The Hall–Kier alpha value is -2.08. The van der Waals surface area contributed by atoms with Crippen molar-refractivity contribution < 1.29 is 9.53 Å². The highest BCUT2D eigenvalue weighted by molar-refractivity contribution is 7.09. The van der Waals surface area contributed by atoms with Crippen LogP contribution in [0.1, 0.15) is 21.1 Å². The van der Waals surface area contributed by atoms with Crippen molar-refractivity contribution in [2.24, 2.45) is 0 Å². The van der Waals surface area contributed by atoms with Crippen LogP contribution in [0.2, 0.25) is 10.0 Å². The van der Waals surface area contributed by atoms with Crippen LogP contribution in [0.5, 0.6) is 5.75 Å². The first-order chi connectivity index (χ1) is 12.1. The zero-order chi connectivity index (χ0) is 17.8. The summed E-state index contributed by atoms with van der Waals surface area (Å²) in [5.74, 6) is 0.489. The fourth-order valence-electron chi connectivity index (χ4n) is 2.20. The Labute approximate surface area is 159 Å². The number of thiazole rings is 1. The first kappa shape index (κ1) is 17.7. The number of amides is 1. The maximum absolute atomic E-state index is 12.3. The standard InChI is InChI=1S/C18H14Cl2N2O2S/c1-24-12-7-5-11(6-8-12)9-16-21-15(10-25-16)18(23)22-14-4-2-3-13(19)17(14)20/h2-8,10H,9H2,1H3,(H,22,23). The Morgan fingerprint density at radius 3 is 2.68 bits per heavy atom. The van der Waals surface area contributed by atoms with Crippen molar-refractivity contribution in [3.8, 4) is 5.75 Å². The number of halogens is 2. The Bertz CT molecular complexity index is 894. The molecule has 1 heterocycles. The molecule has 0 atom stereocenters. The molecule has 1 N–H and O–H groups in total. The van der Waals surface area contributed by atoms with Crippen LogP contribution in [0.25, 0.3) is 0 Å². The highest BCUT2D eigenvalue weighted by atomic mass is 35.5. The summed E-state index contributed by atoms with van der Waals surface area (Å²) in [6, 6.07) is 12.8. The van der Waals surface area contributed by atoms with Gasteiger partial charge in [-0.3, -0.25) is 4.79 Å². The number of carbonyl (C=O) groups excluding carboxylic acids is 1. The fraction of sp³-hybridized carbons (Fsp3) is 0.111. The molecule has 0 spiro atoms. The summed E-state index contributed by atoms with van der Waals surface area (Å²) in [6.07, 6.45) is 0.653. The van der Waals surface area contributed by atoms with E-state index in [1.54, 1.807) is 30.7 Å². The van der Waals surface area contributed by atoms with Crippen molar-refractivity contribution in [2.75, 3.05) is 12.4 Å². The lowest BCUT2D eigenvalue weighted by Crippen LogP contribution is -2.12. The molecule has 0 bridgehead atoms. The minimum absolute atomic E-state index is 0.311. The fourth-order valence-corrected chi connectivity index (χ4v) is 3.36. The van der Waals surface area contributed by atoms with Crippen LogP contribution >= 0.6 is 34.5 Å². The quantitative estimate of drug-likeness (QED) is 0.640. The molecule has 1 aromatic heterocycles. The van der Waals surface area contributed by atoms with E-state index in [9.17, 15) is 4.79 Å². The Morgan fingerprint density at radius 2 is 1.96 bits per heavy atom. The van der Waals surface area contributed by atoms with Gasteiger partial charge in [0, 0.05) is 11.8 Å². The third-order valence-corrected chi connectivity index (χ3v) is 5.17. The maximum atomic E-state index is 12.3. The second-order valence-corrected chi connectivity index (χ2v) is 6.93. The van der Waals surface area contributed by atoms with Gasteiger partial charge in [0.15, 0.2) is 0 Å². The second kappa shape index (κ2) is 7.87. The number of hydrogen-bond donors (Lipinski definition) is 1. The molecule has 0 aliphatic carbocycles. The van der Waals surface area contributed by atoms with Crippen LogP contribution in [0.4, 0.5) is 5.69 Å².